The van der Waals surface area contributed by atoms with E-state index >= 15 is 0 Å². The summed E-state index contributed by atoms with van der Waals surface area (Å²) in [4.78, 5) is 0. The van der Waals surface area contributed by atoms with Crippen LogP contribution in [0.2, 0.25) is 16.3 Å². The number of hydrogen-bond acceptors (Lipinski definition) is 0. The van der Waals surface area contributed by atoms with Crippen LogP contribution in [0.4, 0.5) is 0 Å². The Hall–Kier alpha value is 1.02. The van der Waals surface area contributed by atoms with Crippen molar-refractivity contribution in [2.75, 3.05) is 0 Å². The molecule has 0 fully saturated rings. The van der Waals surface area contributed by atoms with Crippen molar-refractivity contribution in [3.63, 3.8) is 0 Å². The van der Waals surface area contributed by atoms with Crippen LogP contribution in [0, 0.1) is 0 Å². The van der Waals surface area contributed by atoms with Crippen molar-refractivity contribution in [1.82, 2.24) is 0 Å². The first-order valence-corrected chi connectivity index (χ1v) is 13.0. The van der Waals surface area contributed by atoms with E-state index in [4.69, 9.17) is 0 Å². The summed E-state index contributed by atoms with van der Waals surface area (Å²) in [5, 5.41) is 0. The van der Waals surface area contributed by atoms with Crippen molar-refractivity contribution in [3.05, 3.63) is 0 Å². The van der Waals surface area contributed by atoms with Crippen LogP contribution in [0.25, 0.3) is 0 Å². The molecule has 0 N–H and O–H groups in total. The molecule has 0 spiro atoms. The Morgan fingerprint density at radius 3 is 1.43 bits per heavy atom. The standard InChI is InChI=1S/C5H13BrGe/c1-5(2)7(3,4)6/h5H,1-4H3. The average Bonchev–Trinajstić information content (AvgIpc) is 1.31. The van der Waals surface area contributed by atoms with Crippen LogP contribution >= 0.6 is 14.0 Å². The predicted molar refractivity (Wildman–Crippen MR) is 41.5 cm³/mol. The van der Waals surface area contributed by atoms with Crippen LogP contribution in [0.5, 0.6) is 0 Å². The molecule has 7 heavy (non-hydrogen) atoms. The Morgan fingerprint density at radius 2 is 1.43 bits per heavy atom. The van der Waals surface area contributed by atoms with Gasteiger partial charge in [-0.1, -0.05) is 0 Å². The molecule has 0 aliphatic rings. The van der Waals surface area contributed by atoms with Crippen molar-refractivity contribution in [1.29, 1.82) is 0 Å². The second-order valence-corrected chi connectivity index (χ2v) is 22.3. The Kier molecular flexibility index (Phi) is 2.91. The van der Waals surface area contributed by atoms with Crippen LogP contribution in [-0.2, 0) is 0 Å². The monoisotopic (exact) mass is 226 g/mol. The molecule has 44 valence electrons. The van der Waals surface area contributed by atoms with Gasteiger partial charge in [0.2, 0.25) is 0 Å². The molecule has 0 atom stereocenters. The van der Waals surface area contributed by atoms with Gasteiger partial charge in [0.15, 0.2) is 0 Å². The first kappa shape index (κ1) is 8.02. The van der Waals surface area contributed by atoms with E-state index in [0.29, 0.717) is 0 Å². The van der Waals surface area contributed by atoms with Crippen molar-refractivity contribution in [3.8, 4) is 0 Å². The van der Waals surface area contributed by atoms with Crippen LogP contribution in [0.3, 0.4) is 0 Å². The van der Waals surface area contributed by atoms with E-state index in [-0.39, 0.29) is 0 Å². The quantitative estimate of drug-likeness (QED) is 0.602. The predicted octanol–water partition coefficient (Wildman–Crippen LogP) is 3.00. The van der Waals surface area contributed by atoms with Gasteiger partial charge in [0, 0.05) is 0 Å². The third kappa shape index (κ3) is 3.59. The fraction of sp³-hybridized carbons (Fsp3) is 1.00. The summed E-state index contributed by atoms with van der Waals surface area (Å²) in [5.74, 6) is 4.73. The molecule has 0 heterocycles. The summed E-state index contributed by atoms with van der Waals surface area (Å²) in [5.41, 5.74) is 0. The van der Waals surface area contributed by atoms with Gasteiger partial charge in [-0.25, -0.2) is 0 Å². The van der Waals surface area contributed by atoms with E-state index in [1.54, 1.807) is 0 Å². The second kappa shape index (κ2) is 2.54. The minimum absolute atomic E-state index is 0.903. The van der Waals surface area contributed by atoms with Gasteiger partial charge in [-0.05, 0) is 0 Å². The van der Waals surface area contributed by atoms with Crippen molar-refractivity contribution >= 4 is 25.4 Å². The van der Waals surface area contributed by atoms with E-state index in [1.807, 2.05) is 0 Å². The number of hydrogen-bond donors (Lipinski definition) is 0. The van der Waals surface area contributed by atoms with Crippen LogP contribution < -0.4 is 0 Å². The minimum atomic E-state index is -1.35. The molecule has 0 saturated carbocycles. The Balaban J connectivity index is 3.54. The van der Waals surface area contributed by atoms with E-state index in [0.717, 1.165) is 4.75 Å². The molecule has 0 aromatic heterocycles. The van der Waals surface area contributed by atoms with Gasteiger partial charge in [-0.2, -0.15) is 0 Å². The Labute approximate surface area is 55.7 Å². The zero-order chi connectivity index (χ0) is 6.08. The van der Waals surface area contributed by atoms with Crippen LogP contribution in [0.15, 0.2) is 0 Å². The summed E-state index contributed by atoms with van der Waals surface area (Å²) < 4.78 is 0.903. The first-order chi connectivity index (χ1) is 2.94. The van der Waals surface area contributed by atoms with Crippen molar-refractivity contribution in [2.45, 2.75) is 30.1 Å². The molecule has 0 radical (unpaired) electrons. The third-order valence-corrected chi connectivity index (χ3v) is 11.9. The fourth-order valence-corrected chi connectivity index (χ4v) is 0. The molecule has 0 aliphatic heterocycles. The zero-order valence-corrected chi connectivity index (χ0v) is 9.14. The molecule has 0 aromatic carbocycles. The molecule has 0 saturated heterocycles. The summed E-state index contributed by atoms with van der Waals surface area (Å²) in [6.07, 6.45) is 0. The fourth-order valence-electron chi connectivity index (χ4n) is 0. The van der Waals surface area contributed by atoms with Crippen LogP contribution in [0.1, 0.15) is 13.8 Å². The Morgan fingerprint density at radius 1 is 1.29 bits per heavy atom. The average molecular weight is 226 g/mol. The third-order valence-electron chi connectivity index (χ3n) is 1.37. The van der Waals surface area contributed by atoms with E-state index in [1.165, 1.54) is 0 Å². The molecule has 2 heteroatoms. The van der Waals surface area contributed by atoms with E-state index in [2.05, 4.69) is 39.4 Å². The molecular formula is C5H13BrGe. The van der Waals surface area contributed by atoms with Gasteiger partial charge in [0.1, 0.15) is 0 Å². The molecule has 0 aliphatic carbocycles. The van der Waals surface area contributed by atoms with Gasteiger partial charge >= 0.3 is 55.5 Å². The van der Waals surface area contributed by atoms with Gasteiger partial charge in [0.05, 0.1) is 0 Å². The molecular weight excluding hydrogens is 213 g/mol. The topological polar surface area (TPSA) is 0 Å². The zero-order valence-electron chi connectivity index (χ0n) is 5.46. The summed E-state index contributed by atoms with van der Waals surface area (Å²) >= 11 is 2.38. The first-order valence-electron chi connectivity index (χ1n) is 2.63. The summed E-state index contributed by atoms with van der Waals surface area (Å²) in [6, 6.07) is 0. The van der Waals surface area contributed by atoms with Gasteiger partial charge < -0.3 is 0 Å². The molecule has 0 bridgehead atoms. The summed E-state index contributed by atoms with van der Waals surface area (Å²) in [7, 11) is 0. The molecule has 0 nitrogen and oxygen atoms in total. The summed E-state index contributed by atoms with van der Waals surface area (Å²) in [6.45, 7) is 4.57. The normalized spacial score (nSPS) is 12.9. The van der Waals surface area contributed by atoms with Gasteiger partial charge in [0.25, 0.3) is 0 Å². The maximum absolute atomic E-state index is 3.73. The van der Waals surface area contributed by atoms with E-state index in [9.17, 15) is 0 Å². The van der Waals surface area contributed by atoms with Gasteiger partial charge in [-0.15, -0.1) is 0 Å². The molecule has 0 aromatic rings. The second-order valence-electron chi connectivity index (χ2n) is 2.72. The van der Waals surface area contributed by atoms with Crippen LogP contribution in [-0.4, -0.2) is 11.4 Å². The number of rotatable bonds is 1. The SMILES string of the molecule is C[CH](C)[Ge]([CH3])([CH3])[Br]. The molecule has 0 rings (SSSR count). The van der Waals surface area contributed by atoms with Crippen molar-refractivity contribution in [2.24, 2.45) is 0 Å². The molecule has 0 unspecified atom stereocenters. The maximum atomic E-state index is 3.73. The Bertz CT molecular complexity index is 53.6. The molecule has 0 amide bonds. The number of halogens is 1. The van der Waals surface area contributed by atoms with Crippen molar-refractivity contribution < 1.29 is 0 Å². The van der Waals surface area contributed by atoms with Gasteiger partial charge in [-0.3, -0.25) is 0 Å². The van der Waals surface area contributed by atoms with E-state index < -0.39 is 11.4 Å².